The third kappa shape index (κ3) is 6.81. The summed E-state index contributed by atoms with van der Waals surface area (Å²) in [6.07, 6.45) is -13.0. The number of halogens is 9. The van der Waals surface area contributed by atoms with Crippen molar-refractivity contribution in [1.29, 1.82) is 0 Å². The number of carbonyl (C=O) groups is 2. The normalized spacial score (nSPS) is 20.8. The highest BCUT2D eigenvalue weighted by molar-refractivity contribution is 7.92. The quantitative estimate of drug-likeness (QED) is 0.180. The second-order valence-electron chi connectivity index (χ2n) is 12.6. The van der Waals surface area contributed by atoms with E-state index in [2.05, 4.69) is 4.74 Å². The van der Waals surface area contributed by atoms with E-state index in [0.717, 1.165) is 42.5 Å². The predicted octanol–water partition coefficient (Wildman–Crippen LogP) is 7.43. The lowest BCUT2D eigenvalue weighted by Crippen LogP contribution is -2.56. The number of alkyl halides is 6. The zero-order chi connectivity index (χ0) is 37.6. The van der Waals surface area contributed by atoms with Crippen molar-refractivity contribution in [1.82, 2.24) is 4.90 Å². The number of rotatable bonds is 9. The maximum Gasteiger partial charge on any atom is 0.430 e. The summed E-state index contributed by atoms with van der Waals surface area (Å²) in [7, 11) is -4.62. The van der Waals surface area contributed by atoms with E-state index < -0.39 is 103 Å². The lowest BCUT2D eigenvalue weighted by Gasteiger charge is -2.38. The van der Waals surface area contributed by atoms with Gasteiger partial charge < -0.3 is 14.7 Å². The van der Waals surface area contributed by atoms with E-state index in [1.165, 1.54) is 4.90 Å². The standard InChI is InChI=1S/C34H30F9NO6S/c35-24-8-10-25(11-9-24)51(48,49)31(15-12-21(18-31)29(45)44-16-13-20(14-17-44)30(46)47)22-4-6-23(7-5-22)32(33(38,39)40,34(41,42)43)50-19-26-27(36)2-1-3-28(26)37/h1-11,20-21H,12-19H2,(H,46,47). The Bertz CT molecular complexity index is 1840. The van der Waals surface area contributed by atoms with Gasteiger partial charge in [0.1, 0.15) is 22.2 Å². The van der Waals surface area contributed by atoms with Crippen LogP contribution in [-0.4, -0.2) is 55.7 Å². The largest absolute Gasteiger partial charge is 0.481 e. The van der Waals surface area contributed by atoms with Crippen LogP contribution in [0, 0.1) is 29.3 Å². The minimum atomic E-state index is -6.24. The van der Waals surface area contributed by atoms with Gasteiger partial charge in [0.25, 0.3) is 5.60 Å². The van der Waals surface area contributed by atoms with E-state index in [-0.39, 0.29) is 44.3 Å². The Morgan fingerprint density at radius 3 is 1.86 bits per heavy atom. The number of aliphatic carboxylic acids is 1. The molecule has 1 aliphatic heterocycles. The van der Waals surface area contributed by atoms with Crippen LogP contribution < -0.4 is 0 Å². The van der Waals surface area contributed by atoms with Crippen molar-refractivity contribution in [2.24, 2.45) is 11.8 Å². The molecular weight excluding hydrogens is 721 g/mol. The molecule has 1 N–H and O–H groups in total. The summed E-state index contributed by atoms with van der Waals surface area (Å²) in [5.74, 6) is -6.87. The summed E-state index contributed by atoms with van der Waals surface area (Å²) in [6.45, 7) is -1.63. The van der Waals surface area contributed by atoms with E-state index >= 15 is 0 Å². The van der Waals surface area contributed by atoms with Crippen molar-refractivity contribution >= 4 is 21.7 Å². The molecule has 0 spiro atoms. The topological polar surface area (TPSA) is 101 Å². The Labute approximate surface area is 285 Å². The monoisotopic (exact) mass is 751 g/mol. The molecule has 276 valence electrons. The van der Waals surface area contributed by atoms with Crippen LogP contribution in [0.25, 0.3) is 0 Å². The van der Waals surface area contributed by atoms with E-state index in [4.69, 9.17) is 0 Å². The number of carboxylic acid groups (broad SMARTS) is 1. The number of nitrogens with zero attached hydrogens (tertiary/aromatic N) is 1. The Morgan fingerprint density at radius 2 is 1.35 bits per heavy atom. The first kappa shape index (κ1) is 38.1. The first-order valence-corrected chi connectivity index (χ1v) is 17.1. The highest BCUT2D eigenvalue weighted by Crippen LogP contribution is 2.55. The molecule has 2 fully saturated rings. The van der Waals surface area contributed by atoms with Gasteiger partial charge in [-0.15, -0.1) is 0 Å². The highest BCUT2D eigenvalue weighted by atomic mass is 32.2. The molecule has 1 saturated heterocycles. The minimum Gasteiger partial charge on any atom is -0.481 e. The molecule has 0 radical (unpaired) electrons. The smallest absolute Gasteiger partial charge is 0.430 e. The van der Waals surface area contributed by atoms with Crippen LogP contribution in [0.15, 0.2) is 71.6 Å². The van der Waals surface area contributed by atoms with Crippen LogP contribution in [0.3, 0.4) is 0 Å². The first-order valence-electron chi connectivity index (χ1n) is 15.6. The van der Waals surface area contributed by atoms with E-state index in [0.29, 0.717) is 24.3 Å². The summed E-state index contributed by atoms with van der Waals surface area (Å²) >= 11 is 0. The molecule has 3 aromatic carbocycles. The molecule has 1 saturated carbocycles. The van der Waals surface area contributed by atoms with Gasteiger partial charge in [0, 0.05) is 30.1 Å². The van der Waals surface area contributed by atoms with Crippen LogP contribution >= 0.6 is 0 Å². The van der Waals surface area contributed by atoms with Gasteiger partial charge in [-0.1, -0.05) is 30.3 Å². The second-order valence-corrected chi connectivity index (χ2v) is 14.8. The van der Waals surface area contributed by atoms with E-state index in [1.807, 2.05) is 0 Å². The molecule has 2 unspecified atom stereocenters. The van der Waals surface area contributed by atoms with Crippen LogP contribution in [0.2, 0.25) is 0 Å². The summed E-state index contributed by atoms with van der Waals surface area (Å²) in [6, 6.07) is 7.89. The molecular formula is C34H30F9NO6S. The number of sulfone groups is 1. The number of likely N-dealkylation sites (tertiary alicyclic amines) is 1. The molecule has 2 aliphatic rings. The number of ether oxygens (including phenoxy) is 1. The van der Waals surface area contributed by atoms with Crippen LogP contribution in [-0.2, 0) is 41.1 Å². The third-order valence-corrected chi connectivity index (χ3v) is 12.3. The van der Waals surface area contributed by atoms with Gasteiger partial charge >= 0.3 is 18.3 Å². The molecule has 1 heterocycles. The van der Waals surface area contributed by atoms with Gasteiger partial charge in [-0.3, -0.25) is 9.59 Å². The van der Waals surface area contributed by atoms with Gasteiger partial charge in [-0.2, -0.15) is 26.3 Å². The van der Waals surface area contributed by atoms with Gasteiger partial charge in [0.15, 0.2) is 9.84 Å². The molecule has 0 aromatic heterocycles. The SMILES string of the molecule is O=C(O)C1CCN(C(=O)C2CCC(c3ccc(C(OCc4c(F)cccc4F)(C(F)(F)F)C(F)(F)F)cc3)(S(=O)(=O)c3ccc(F)cc3)C2)CC1. The predicted molar refractivity (Wildman–Crippen MR) is 161 cm³/mol. The summed E-state index contributed by atoms with van der Waals surface area (Å²) in [5.41, 5.74) is -8.14. The number of carboxylic acids is 1. The van der Waals surface area contributed by atoms with Gasteiger partial charge in [-0.05, 0) is 74.1 Å². The Kier molecular flexibility index (Phi) is 10.3. The van der Waals surface area contributed by atoms with E-state index in [1.54, 1.807) is 0 Å². The molecule has 17 heteroatoms. The zero-order valence-electron chi connectivity index (χ0n) is 26.4. The number of piperidine rings is 1. The van der Waals surface area contributed by atoms with Crippen molar-refractivity contribution in [3.63, 3.8) is 0 Å². The number of hydrogen-bond donors (Lipinski definition) is 1. The highest BCUT2D eigenvalue weighted by Gasteiger charge is 2.73. The maximum absolute atomic E-state index is 14.5. The third-order valence-electron chi connectivity index (χ3n) is 9.73. The Balaban J connectivity index is 1.56. The van der Waals surface area contributed by atoms with Crippen LogP contribution in [0.1, 0.15) is 48.8 Å². The van der Waals surface area contributed by atoms with Crippen molar-refractivity contribution < 1.29 is 67.4 Å². The zero-order valence-corrected chi connectivity index (χ0v) is 27.2. The Hall–Kier alpha value is -4.12. The maximum atomic E-state index is 14.5. The summed E-state index contributed by atoms with van der Waals surface area (Å²) in [5, 5.41) is 9.29. The fourth-order valence-corrected chi connectivity index (χ4v) is 9.12. The van der Waals surface area contributed by atoms with Crippen molar-refractivity contribution in [2.75, 3.05) is 13.1 Å². The van der Waals surface area contributed by atoms with Gasteiger partial charge in [0.2, 0.25) is 5.91 Å². The number of amides is 1. The molecule has 1 aliphatic carbocycles. The van der Waals surface area contributed by atoms with Crippen LogP contribution in [0.5, 0.6) is 0 Å². The average molecular weight is 752 g/mol. The molecule has 0 bridgehead atoms. The average Bonchev–Trinajstić information content (AvgIpc) is 3.53. The second kappa shape index (κ2) is 13.8. The first-order chi connectivity index (χ1) is 23.7. The van der Waals surface area contributed by atoms with E-state index in [9.17, 15) is 62.6 Å². The lowest BCUT2D eigenvalue weighted by molar-refractivity contribution is -0.392. The van der Waals surface area contributed by atoms with Gasteiger partial charge in [0.05, 0.1) is 17.4 Å². The molecule has 7 nitrogen and oxygen atoms in total. The number of hydrogen-bond acceptors (Lipinski definition) is 5. The fraction of sp³-hybridized carbons (Fsp3) is 0.412. The van der Waals surface area contributed by atoms with Gasteiger partial charge in [-0.25, -0.2) is 21.6 Å². The molecule has 3 aromatic rings. The molecule has 1 amide bonds. The summed E-state index contributed by atoms with van der Waals surface area (Å²) < 4.78 is 160. The van der Waals surface area contributed by atoms with Crippen molar-refractivity contribution in [3.05, 3.63) is 101 Å². The Morgan fingerprint density at radius 1 is 0.804 bits per heavy atom. The molecule has 2 atom stereocenters. The fourth-order valence-electron chi connectivity index (χ4n) is 6.92. The minimum absolute atomic E-state index is 0.0633. The van der Waals surface area contributed by atoms with Crippen molar-refractivity contribution in [2.45, 2.75) is 66.3 Å². The van der Waals surface area contributed by atoms with Crippen LogP contribution in [0.4, 0.5) is 39.5 Å². The summed E-state index contributed by atoms with van der Waals surface area (Å²) in [4.78, 5) is 25.9. The molecule has 5 rings (SSSR count). The molecule has 51 heavy (non-hydrogen) atoms. The number of carbonyl (C=O) groups excluding carboxylic acids is 1. The lowest BCUT2D eigenvalue weighted by atomic mass is 9.88. The van der Waals surface area contributed by atoms with Crippen molar-refractivity contribution in [3.8, 4) is 0 Å². The number of benzene rings is 3.